The van der Waals surface area contributed by atoms with Gasteiger partial charge in [0.25, 0.3) is 5.91 Å². The standard InChI is InChI=1S/C24H25N3O7/c1-3-33-23(31)26-7-6-18-15(12-26)8-19(34-18)24(10-20(28)25-22(24)30)13-27-11-14-4-5-16(32-2)9-17(14)21(27)29/h4-5,8-9H,3,6-7,10-13H2,1-2H3,(H,25,28,30)/t24-/m1/s1. The van der Waals surface area contributed by atoms with Gasteiger partial charge in [-0.05, 0) is 30.7 Å². The lowest BCUT2D eigenvalue weighted by atomic mass is 9.82. The van der Waals surface area contributed by atoms with Crippen LogP contribution in [0.2, 0.25) is 0 Å². The Hall–Kier alpha value is -3.82. The zero-order valence-corrected chi connectivity index (χ0v) is 19.0. The molecule has 0 spiro atoms. The second kappa shape index (κ2) is 8.19. The highest BCUT2D eigenvalue weighted by Gasteiger charge is 2.53. The fraction of sp³-hybridized carbons (Fsp3) is 0.417. The number of carbonyl (C=O) groups is 4. The van der Waals surface area contributed by atoms with E-state index in [4.69, 9.17) is 13.9 Å². The van der Waals surface area contributed by atoms with Gasteiger partial charge in [-0.15, -0.1) is 0 Å². The molecule has 0 aliphatic carbocycles. The summed E-state index contributed by atoms with van der Waals surface area (Å²) in [5, 5.41) is 2.38. The van der Waals surface area contributed by atoms with E-state index in [1.807, 2.05) is 6.07 Å². The molecular formula is C24H25N3O7. The Kier molecular flexibility index (Phi) is 5.30. The number of benzene rings is 1. The van der Waals surface area contributed by atoms with Crippen molar-refractivity contribution in [2.45, 2.75) is 38.3 Å². The maximum atomic E-state index is 13.2. The van der Waals surface area contributed by atoms with Gasteiger partial charge in [0, 0.05) is 37.2 Å². The minimum absolute atomic E-state index is 0.00557. The lowest BCUT2D eigenvalue weighted by Gasteiger charge is -2.28. The molecule has 3 aliphatic rings. The summed E-state index contributed by atoms with van der Waals surface area (Å²) in [4.78, 5) is 53.9. The number of hydrogen-bond donors (Lipinski definition) is 1. The van der Waals surface area contributed by atoms with Gasteiger partial charge in [-0.2, -0.15) is 0 Å². The van der Waals surface area contributed by atoms with Crippen LogP contribution in [0.15, 0.2) is 28.7 Å². The summed E-state index contributed by atoms with van der Waals surface area (Å²) in [6, 6.07) is 7.02. The number of hydrogen-bond acceptors (Lipinski definition) is 7. The predicted octanol–water partition coefficient (Wildman–Crippen LogP) is 1.74. The predicted molar refractivity (Wildman–Crippen MR) is 117 cm³/mol. The fourth-order valence-electron chi connectivity index (χ4n) is 4.91. The van der Waals surface area contributed by atoms with Crippen LogP contribution in [0, 0.1) is 0 Å². The van der Waals surface area contributed by atoms with E-state index in [-0.39, 0.29) is 32.0 Å². The molecule has 1 aromatic heterocycles. The molecule has 1 fully saturated rings. The van der Waals surface area contributed by atoms with Gasteiger partial charge in [0.1, 0.15) is 22.7 Å². The van der Waals surface area contributed by atoms with Crippen LogP contribution >= 0.6 is 0 Å². The Morgan fingerprint density at radius 1 is 1.18 bits per heavy atom. The van der Waals surface area contributed by atoms with Gasteiger partial charge in [-0.3, -0.25) is 19.7 Å². The van der Waals surface area contributed by atoms with Crippen LogP contribution in [0.3, 0.4) is 0 Å². The number of amides is 4. The van der Waals surface area contributed by atoms with Crippen LogP contribution < -0.4 is 10.1 Å². The summed E-state index contributed by atoms with van der Waals surface area (Å²) in [5.41, 5.74) is 0.768. The lowest BCUT2D eigenvalue weighted by molar-refractivity contribution is -0.127. The first-order valence-electron chi connectivity index (χ1n) is 11.2. The van der Waals surface area contributed by atoms with Gasteiger partial charge >= 0.3 is 6.09 Å². The largest absolute Gasteiger partial charge is 0.497 e. The SMILES string of the molecule is CCOC(=O)N1CCc2oc([C@]3(CN4Cc5ccc(OC)cc5C4=O)CC(=O)NC3=O)cc2C1. The number of furan rings is 1. The van der Waals surface area contributed by atoms with E-state index in [0.29, 0.717) is 42.3 Å². The summed E-state index contributed by atoms with van der Waals surface area (Å²) in [5.74, 6) is 0.425. The van der Waals surface area contributed by atoms with Crippen molar-refractivity contribution in [2.24, 2.45) is 0 Å². The van der Waals surface area contributed by atoms with Crippen molar-refractivity contribution in [1.29, 1.82) is 0 Å². The first-order valence-corrected chi connectivity index (χ1v) is 11.2. The van der Waals surface area contributed by atoms with Gasteiger partial charge in [0.15, 0.2) is 0 Å². The van der Waals surface area contributed by atoms with Crippen LogP contribution in [0.25, 0.3) is 0 Å². The van der Waals surface area contributed by atoms with Gasteiger partial charge in [-0.25, -0.2) is 4.79 Å². The second-order valence-corrected chi connectivity index (χ2v) is 8.75. The molecule has 1 N–H and O–H groups in total. The molecule has 2 aromatic rings. The van der Waals surface area contributed by atoms with Crippen molar-refractivity contribution >= 4 is 23.8 Å². The van der Waals surface area contributed by atoms with Crippen molar-refractivity contribution in [3.8, 4) is 5.75 Å². The number of methoxy groups -OCH3 is 1. The Morgan fingerprint density at radius 2 is 2.00 bits per heavy atom. The molecule has 10 heteroatoms. The summed E-state index contributed by atoms with van der Waals surface area (Å²) < 4.78 is 16.4. The van der Waals surface area contributed by atoms with Crippen LogP contribution in [0.1, 0.15) is 46.3 Å². The molecule has 4 amide bonds. The topological polar surface area (TPSA) is 118 Å². The van der Waals surface area contributed by atoms with Crippen LogP contribution in [-0.4, -0.2) is 60.4 Å². The van der Waals surface area contributed by atoms with E-state index in [2.05, 4.69) is 5.32 Å². The Labute approximate surface area is 195 Å². The molecule has 34 heavy (non-hydrogen) atoms. The maximum absolute atomic E-state index is 13.2. The number of rotatable bonds is 5. The molecule has 0 radical (unpaired) electrons. The maximum Gasteiger partial charge on any atom is 0.410 e. The van der Waals surface area contributed by atoms with Crippen LogP contribution in [0.4, 0.5) is 4.79 Å². The van der Waals surface area contributed by atoms with Gasteiger partial charge in [0.2, 0.25) is 11.8 Å². The molecule has 1 aromatic carbocycles. The zero-order valence-electron chi connectivity index (χ0n) is 19.0. The smallest absolute Gasteiger partial charge is 0.410 e. The first-order chi connectivity index (χ1) is 16.3. The highest BCUT2D eigenvalue weighted by molar-refractivity contribution is 6.09. The minimum atomic E-state index is -1.34. The van der Waals surface area contributed by atoms with E-state index in [0.717, 1.165) is 11.1 Å². The summed E-state index contributed by atoms with van der Waals surface area (Å²) in [6.07, 6.45) is -0.0630. The molecule has 0 unspecified atom stereocenters. The molecule has 10 nitrogen and oxygen atoms in total. The molecular weight excluding hydrogens is 442 g/mol. The Bertz CT molecular complexity index is 1200. The molecule has 4 heterocycles. The number of carbonyl (C=O) groups excluding carboxylic acids is 4. The summed E-state index contributed by atoms with van der Waals surface area (Å²) in [6.45, 7) is 3.06. The molecule has 0 bridgehead atoms. The first kappa shape index (κ1) is 22.0. The lowest BCUT2D eigenvalue weighted by Crippen LogP contribution is -2.46. The average molecular weight is 467 g/mol. The van der Waals surface area contributed by atoms with Crippen molar-refractivity contribution in [3.05, 3.63) is 52.5 Å². The van der Waals surface area contributed by atoms with Crippen molar-refractivity contribution in [3.63, 3.8) is 0 Å². The van der Waals surface area contributed by atoms with Gasteiger partial charge in [0.05, 0.1) is 26.7 Å². The van der Waals surface area contributed by atoms with E-state index in [1.165, 1.54) is 7.11 Å². The molecule has 1 atom stereocenters. The van der Waals surface area contributed by atoms with Crippen LogP contribution in [0.5, 0.6) is 5.75 Å². The number of nitrogens with zero attached hydrogens (tertiary/aromatic N) is 2. The highest BCUT2D eigenvalue weighted by Crippen LogP contribution is 2.39. The Morgan fingerprint density at radius 3 is 2.71 bits per heavy atom. The van der Waals surface area contributed by atoms with E-state index in [9.17, 15) is 19.2 Å². The van der Waals surface area contributed by atoms with Crippen molar-refractivity contribution in [2.75, 3.05) is 26.8 Å². The normalized spacial score (nSPS) is 21.4. The van der Waals surface area contributed by atoms with E-state index >= 15 is 0 Å². The van der Waals surface area contributed by atoms with Crippen LogP contribution in [-0.2, 0) is 39.3 Å². The number of imide groups is 1. The molecule has 5 rings (SSSR count). The van der Waals surface area contributed by atoms with E-state index < -0.39 is 23.3 Å². The molecule has 1 saturated heterocycles. The molecule has 178 valence electrons. The quantitative estimate of drug-likeness (QED) is 0.666. The van der Waals surface area contributed by atoms with Gasteiger partial charge < -0.3 is 23.7 Å². The number of nitrogens with one attached hydrogen (secondary N) is 1. The fourth-order valence-corrected chi connectivity index (χ4v) is 4.91. The summed E-state index contributed by atoms with van der Waals surface area (Å²) >= 11 is 0. The second-order valence-electron chi connectivity index (χ2n) is 8.75. The van der Waals surface area contributed by atoms with Gasteiger partial charge in [-0.1, -0.05) is 6.07 Å². The average Bonchev–Trinajstić information content (AvgIpc) is 3.47. The monoisotopic (exact) mass is 467 g/mol. The highest BCUT2D eigenvalue weighted by atomic mass is 16.6. The third-order valence-corrected chi connectivity index (χ3v) is 6.67. The molecule has 0 saturated carbocycles. The minimum Gasteiger partial charge on any atom is -0.497 e. The summed E-state index contributed by atoms with van der Waals surface area (Å²) in [7, 11) is 1.53. The molecule has 3 aliphatic heterocycles. The van der Waals surface area contributed by atoms with Crippen molar-refractivity contribution < 1.29 is 33.1 Å². The third-order valence-electron chi connectivity index (χ3n) is 6.67. The third kappa shape index (κ3) is 3.49. The Balaban J connectivity index is 1.45. The number of fused-ring (bicyclic) bond motifs is 2. The van der Waals surface area contributed by atoms with Crippen molar-refractivity contribution in [1.82, 2.24) is 15.1 Å². The van der Waals surface area contributed by atoms with E-state index in [1.54, 1.807) is 34.9 Å². The zero-order chi connectivity index (χ0) is 24.0. The number of ether oxygens (including phenoxy) is 2.